The van der Waals surface area contributed by atoms with Crippen LogP contribution in [0.1, 0.15) is 43.7 Å². The van der Waals surface area contributed by atoms with E-state index >= 15 is 0 Å². The zero-order valence-corrected chi connectivity index (χ0v) is 21.2. The van der Waals surface area contributed by atoms with Crippen LogP contribution in [0.3, 0.4) is 0 Å². The number of amides is 3. The average molecular weight is 509 g/mol. The molecule has 9 heteroatoms. The molecule has 8 nitrogen and oxygen atoms in total. The van der Waals surface area contributed by atoms with Crippen LogP contribution in [0.25, 0.3) is 10.8 Å². The molecule has 3 aromatic carbocycles. The van der Waals surface area contributed by atoms with Crippen molar-refractivity contribution in [1.29, 1.82) is 0 Å². The number of urea groups is 1. The number of carbonyl (C=O) groups is 2. The number of benzene rings is 3. The standard InChI is InChI=1S/C27H32N4O4S/c1-20(32)28-17-22-10-12-23(13-11-22)19-31(27(33)29-18-21-6-2-3-7-21)30-36(34,35)26-15-14-24-8-4-5-9-25(24)16-26/h4-5,8-16,21,30H,2-3,6-7,17-19H2,1H3,(H,28,32)(H,29,33). The highest BCUT2D eigenvalue weighted by Gasteiger charge is 2.24. The number of hydrazine groups is 1. The van der Waals surface area contributed by atoms with Crippen molar-refractivity contribution in [2.75, 3.05) is 6.54 Å². The fraction of sp³-hybridized carbons (Fsp3) is 0.333. The van der Waals surface area contributed by atoms with Crippen molar-refractivity contribution in [3.63, 3.8) is 0 Å². The zero-order valence-electron chi connectivity index (χ0n) is 20.4. The Morgan fingerprint density at radius 2 is 1.56 bits per heavy atom. The molecule has 1 saturated carbocycles. The van der Waals surface area contributed by atoms with Crippen molar-refractivity contribution in [3.8, 4) is 0 Å². The Kier molecular flexibility index (Phi) is 8.22. The molecule has 0 aromatic heterocycles. The fourth-order valence-corrected chi connectivity index (χ4v) is 5.46. The Labute approximate surface area is 212 Å². The molecule has 0 saturated heterocycles. The molecule has 1 fully saturated rings. The van der Waals surface area contributed by atoms with E-state index in [4.69, 9.17) is 0 Å². The summed E-state index contributed by atoms with van der Waals surface area (Å²) in [6.45, 7) is 2.42. The minimum absolute atomic E-state index is 0.0454. The van der Waals surface area contributed by atoms with Crippen molar-refractivity contribution in [1.82, 2.24) is 20.5 Å². The van der Waals surface area contributed by atoms with Crippen LogP contribution in [0.15, 0.2) is 71.6 Å². The average Bonchev–Trinajstić information content (AvgIpc) is 3.40. The highest BCUT2D eigenvalue weighted by atomic mass is 32.2. The van der Waals surface area contributed by atoms with Gasteiger partial charge in [-0.15, -0.1) is 4.83 Å². The number of hydrogen-bond donors (Lipinski definition) is 3. The number of nitrogens with zero attached hydrogens (tertiary/aromatic N) is 1. The lowest BCUT2D eigenvalue weighted by Crippen LogP contribution is -2.50. The van der Waals surface area contributed by atoms with Gasteiger partial charge in [0.05, 0.1) is 11.4 Å². The molecule has 3 aromatic rings. The van der Waals surface area contributed by atoms with Gasteiger partial charge in [0.2, 0.25) is 5.91 Å². The van der Waals surface area contributed by atoms with Gasteiger partial charge in [-0.3, -0.25) is 4.79 Å². The molecule has 0 atom stereocenters. The van der Waals surface area contributed by atoms with Crippen LogP contribution in [0.2, 0.25) is 0 Å². The Balaban J connectivity index is 1.52. The molecule has 1 aliphatic carbocycles. The Bertz CT molecular complexity index is 1320. The van der Waals surface area contributed by atoms with E-state index in [2.05, 4.69) is 15.5 Å². The SMILES string of the molecule is CC(=O)NCc1ccc(CN(NS(=O)(=O)c2ccc3ccccc3c2)C(=O)NCC2CCCC2)cc1. The number of sulfonamides is 1. The van der Waals surface area contributed by atoms with Gasteiger partial charge in [0, 0.05) is 20.0 Å². The number of hydrogen-bond acceptors (Lipinski definition) is 4. The predicted octanol–water partition coefficient (Wildman–Crippen LogP) is 4.07. The maximum Gasteiger partial charge on any atom is 0.332 e. The van der Waals surface area contributed by atoms with Gasteiger partial charge in [-0.25, -0.2) is 18.2 Å². The van der Waals surface area contributed by atoms with Crippen molar-refractivity contribution >= 4 is 32.7 Å². The zero-order chi connectivity index (χ0) is 25.5. The maximum atomic E-state index is 13.3. The van der Waals surface area contributed by atoms with Crippen LogP contribution in [-0.2, 0) is 27.9 Å². The number of rotatable bonds is 9. The second kappa shape index (κ2) is 11.5. The van der Waals surface area contributed by atoms with E-state index in [-0.39, 0.29) is 17.3 Å². The summed E-state index contributed by atoms with van der Waals surface area (Å²) >= 11 is 0. The van der Waals surface area contributed by atoms with Crippen molar-refractivity contribution in [3.05, 3.63) is 77.9 Å². The number of carbonyl (C=O) groups excluding carboxylic acids is 2. The second-order valence-corrected chi connectivity index (χ2v) is 10.9. The van der Waals surface area contributed by atoms with Gasteiger partial charge in [-0.1, -0.05) is 67.4 Å². The molecule has 0 heterocycles. The lowest BCUT2D eigenvalue weighted by Gasteiger charge is -2.25. The molecular formula is C27H32N4O4S. The highest BCUT2D eigenvalue weighted by molar-refractivity contribution is 7.89. The largest absolute Gasteiger partial charge is 0.352 e. The Morgan fingerprint density at radius 1 is 0.889 bits per heavy atom. The third-order valence-corrected chi connectivity index (χ3v) is 7.76. The van der Waals surface area contributed by atoms with Gasteiger partial charge in [0.15, 0.2) is 0 Å². The maximum absolute atomic E-state index is 13.3. The molecule has 0 bridgehead atoms. The minimum Gasteiger partial charge on any atom is -0.352 e. The summed E-state index contributed by atoms with van der Waals surface area (Å²) in [6.07, 6.45) is 4.45. The van der Waals surface area contributed by atoms with E-state index in [0.29, 0.717) is 19.0 Å². The van der Waals surface area contributed by atoms with Crippen LogP contribution in [0.5, 0.6) is 0 Å². The summed E-state index contributed by atoms with van der Waals surface area (Å²) < 4.78 is 26.5. The first kappa shape index (κ1) is 25.7. The molecule has 3 amide bonds. The van der Waals surface area contributed by atoms with Crippen LogP contribution < -0.4 is 15.5 Å². The van der Waals surface area contributed by atoms with Gasteiger partial charge < -0.3 is 10.6 Å². The molecule has 190 valence electrons. The third-order valence-electron chi connectivity index (χ3n) is 6.43. The van der Waals surface area contributed by atoms with E-state index in [1.807, 2.05) is 48.5 Å². The van der Waals surface area contributed by atoms with Gasteiger partial charge in [-0.2, -0.15) is 0 Å². The molecule has 4 rings (SSSR count). The molecule has 36 heavy (non-hydrogen) atoms. The second-order valence-electron chi connectivity index (χ2n) is 9.25. The lowest BCUT2D eigenvalue weighted by molar-refractivity contribution is -0.119. The topological polar surface area (TPSA) is 108 Å². The smallest absolute Gasteiger partial charge is 0.332 e. The summed E-state index contributed by atoms with van der Waals surface area (Å²) in [5.74, 6) is 0.299. The van der Waals surface area contributed by atoms with Gasteiger partial charge >= 0.3 is 6.03 Å². The first-order chi connectivity index (χ1) is 17.3. The first-order valence-corrected chi connectivity index (χ1v) is 13.7. The summed E-state index contributed by atoms with van der Waals surface area (Å²) in [7, 11) is -4.01. The lowest BCUT2D eigenvalue weighted by atomic mass is 10.1. The summed E-state index contributed by atoms with van der Waals surface area (Å²) in [6, 6.07) is 19.2. The number of fused-ring (bicyclic) bond motifs is 1. The summed E-state index contributed by atoms with van der Waals surface area (Å²) in [4.78, 5) is 26.8. The van der Waals surface area contributed by atoms with Gasteiger partial charge in [0.1, 0.15) is 0 Å². The fourth-order valence-electron chi connectivity index (χ4n) is 4.39. The van der Waals surface area contributed by atoms with E-state index in [9.17, 15) is 18.0 Å². The molecule has 0 spiro atoms. The van der Waals surface area contributed by atoms with Crippen molar-refractivity contribution in [2.24, 2.45) is 5.92 Å². The molecule has 3 N–H and O–H groups in total. The van der Waals surface area contributed by atoms with Crippen LogP contribution in [0, 0.1) is 5.92 Å². The predicted molar refractivity (Wildman–Crippen MR) is 139 cm³/mol. The summed E-state index contributed by atoms with van der Waals surface area (Å²) in [5.41, 5.74) is 1.65. The van der Waals surface area contributed by atoms with Crippen LogP contribution >= 0.6 is 0 Å². The van der Waals surface area contributed by atoms with Gasteiger partial charge in [-0.05, 0) is 52.8 Å². The highest BCUT2D eigenvalue weighted by Crippen LogP contribution is 2.24. The normalized spacial score (nSPS) is 14.0. The van der Waals surface area contributed by atoms with E-state index < -0.39 is 16.1 Å². The first-order valence-electron chi connectivity index (χ1n) is 12.2. The molecule has 0 radical (unpaired) electrons. The summed E-state index contributed by atoms with van der Waals surface area (Å²) in [5, 5.41) is 8.49. The van der Waals surface area contributed by atoms with Gasteiger partial charge in [0.25, 0.3) is 10.0 Å². The third kappa shape index (κ3) is 6.83. The molecule has 0 aliphatic heterocycles. The van der Waals surface area contributed by atoms with Crippen molar-refractivity contribution < 1.29 is 18.0 Å². The quantitative estimate of drug-likeness (QED) is 0.379. The van der Waals surface area contributed by atoms with Crippen LogP contribution in [-0.4, -0.2) is 31.9 Å². The number of nitrogens with one attached hydrogen (secondary N) is 3. The monoisotopic (exact) mass is 508 g/mol. The van der Waals surface area contributed by atoms with Crippen molar-refractivity contribution in [2.45, 2.75) is 50.6 Å². The van der Waals surface area contributed by atoms with E-state index in [1.54, 1.807) is 12.1 Å². The van der Waals surface area contributed by atoms with E-state index in [0.717, 1.165) is 52.6 Å². The molecular weight excluding hydrogens is 476 g/mol. The minimum atomic E-state index is -4.01. The van der Waals surface area contributed by atoms with Crippen LogP contribution in [0.4, 0.5) is 4.79 Å². The van der Waals surface area contributed by atoms with E-state index in [1.165, 1.54) is 13.0 Å². The Morgan fingerprint density at radius 3 is 2.25 bits per heavy atom. The molecule has 1 aliphatic rings. The molecule has 0 unspecified atom stereocenters. The Hall–Kier alpha value is -3.43.